The predicted octanol–water partition coefficient (Wildman–Crippen LogP) is 2.88. The lowest BCUT2D eigenvalue weighted by Crippen LogP contribution is -2.31. The normalized spacial score (nSPS) is 12.1. The fourth-order valence-corrected chi connectivity index (χ4v) is 3.06. The number of nitrogens with one attached hydrogen (secondary N) is 1. The summed E-state index contributed by atoms with van der Waals surface area (Å²) >= 11 is 1.67. The third-order valence-corrected chi connectivity index (χ3v) is 4.39. The highest BCUT2D eigenvalue weighted by Crippen LogP contribution is 2.10. The van der Waals surface area contributed by atoms with Crippen LogP contribution in [0.3, 0.4) is 0 Å². The Morgan fingerprint density at radius 2 is 2.05 bits per heavy atom. The molecule has 0 aliphatic rings. The van der Waals surface area contributed by atoms with Crippen LogP contribution in [0.1, 0.15) is 31.7 Å². The zero-order valence-corrected chi connectivity index (χ0v) is 13.7. The maximum absolute atomic E-state index is 11.8. The number of aliphatic hydroxyl groups excluding tert-OH is 1. The van der Waals surface area contributed by atoms with E-state index < -0.39 is 0 Å². The summed E-state index contributed by atoms with van der Waals surface area (Å²) in [5.41, 5.74) is 1.32. The van der Waals surface area contributed by atoms with Crippen LogP contribution < -0.4 is 5.32 Å². The van der Waals surface area contributed by atoms with E-state index in [1.807, 2.05) is 18.2 Å². The zero-order valence-electron chi connectivity index (χ0n) is 12.9. The van der Waals surface area contributed by atoms with Gasteiger partial charge < -0.3 is 10.4 Å². The molecule has 4 heteroatoms. The molecule has 0 saturated heterocycles. The summed E-state index contributed by atoms with van der Waals surface area (Å²) in [5.74, 6) is 1.99. The van der Waals surface area contributed by atoms with E-state index in [0.717, 1.165) is 31.4 Å². The number of carbonyl (C=O) groups is 1. The third-order valence-electron chi connectivity index (χ3n) is 3.43. The van der Waals surface area contributed by atoms with Crippen molar-refractivity contribution >= 4 is 17.7 Å². The minimum Gasteiger partial charge on any atom is -0.396 e. The molecule has 0 radical (unpaired) electrons. The molecule has 1 atom stereocenters. The number of hydrogen-bond donors (Lipinski definition) is 2. The maximum Gasteiger partial charge on any atom is 0.230 e. The quantitative estimate of drug-likeness (QED) is 0.618. The summed E-state index contributed by atoms with van der Waals surface area (Å²) in [5, 5.41) is 12.0. The number of aliphatic hydroxyl groups is 1. The summed E-state index contributed by atoms with van der Waals surface area (Å²) in [7, 11) is 0. The highest BCUT2D eigenvalue weighted by molar-refractivity contribution is 7.99. The fourth-order valence-electron chi connectivity index (χ4n) is 2.25. The second-order valence-corrected chi connectivity index (χ2v) is 6.36. The molecule has 1 aromatic carbocycles. The number of hydrogen-bond acceptors (Lipinski definition) is 3. The van der Waals surface area contributed by atoms with Gasteiger partial charge in [0.05, 0.1) is 5.75 Å². The highest BCUT2D eigenvalue weighted by Gasteiger charge is 2.09. The van der Waals surface area contributed by atoms with Gasteiger partial charge in [-0.25, -0.2) is 0 Å². The SMILES string of the molecule is CCCC(CCO)CNC(=O)CSCCc1ccccc1. The first kappa shape index (κ1) is 18.1. The number of benzene rings is 1. The number of thioether (sulfide) groups is 1. The molecule has 3 nitrogen and oxygen atoms in total. The monoisotopic (exact) mass is 309 g/mol. The van der Waals surface area contributed by atoms with Crippen LogP contribution in [0.2, 0.25) is 0 Å². The van der Waals surface area contributed by atoms with Crippen LogP contribution in [-0.2, 0) is 11.2 Å². The number of aryl methyl sites for hydroxylation is 1. The predicted molar refractivity (Wildman–Crippen MR) is 90.6 cm³/mol. The van der Waals surface area contributed by atoms with Crippen molar-refractivity contribution in [3.8, 4) is 0 Å². The molecule has 0 aliphatic carbocycles. The van der Waals surface area contributed by atoms with E-state index >= 15 is 0 Å². The molecular formula is C17H27NO2S. The van der Waals surface area contributed by atoms with Gasteiger partial charge in [0, 0.05) is 13.2 Å². The molecule has 0 spiro atoms. The Kier molecular flexibility index (Phi) is 10.0. The van der Waals surface area contributed by atoms with Gasteiger partial charge in [0.1, 0.15) is 0 Å². The summed E-state index contributed by atoms with van der Waals surface area (Å²) in [6.07, 6.45) is 3.92. The van der Waals surface area contributed by atoms with Gasteiger partial charge in [-0.1, -0.05) is 43.7 Å². The molecular weight excluding hydrogens is 282 g/mol. The molecule has 1 rings (SSSR count). The molecule has 1 unspecified atom stereocenters. The van der Waals surface area contributed by atoms with Crippen LogP contribution in [0.4, 0.5) is 0 Å². The van der Waals surface area contributed by atoms with Gasteiger partial charge in [-0.2, -0.15) is 11.8 Å². The van der Waals surface area contributed by atoms with Crippen molar-refractivity contribution in [3.05, 3.63) is 35.9 Å². The van der Waals surface area contributed by atoms with E-state index in [1.54, 1.807) is 11.8 Å². The standard InChI is InChI=1S/C17H27NO2S/c1-2-6-16(9-11-19)13-18-17(20)14-21-12-10-15-7-4-3-5-8-15/h3-5,7-8,16,19H,2,6,9-14H2,1H3,(H,18,20). The van der Waals surface area contributed by atoms with Crippen molar-refractivity contribution in [2.24, 2.45) is 5.92 Å². The molecule has 0 heterocycles. The average Bonchev–Trinajstić information content (AvgIpc) is 2.51. The van der Waals surface area contributed by atoms with Crippen LogP contribution in [0, 0.1) is 5.92 Å². The van der Waals surface area contributed by atoms with E-state index in [4.69, 9.17) is 5.11 Å². The van der Waals surface area contributed by atoms with Gasteiger partial charge in [0.25, 0.3) is 0 Å². The van der Waals surface area contributed by atoms with E-state index in [9.17, 15) is 4.79 Å². The molecule has 0 fully saturated rings. The Balaban J connectivity index is 2.10. The third kappa shape index (κ3) is 8.79. The smallest absolute Gasteiger partial charge is 0.230 e. The molecule has 0 aromatic heterocycles. The number of rotatable bonds is 11. The summed E-state index contributed by atoms with van der Waals surface area (Å²) in [4.78, 5) is 11.8. The molecule has 0 aliphatic heterocycles. The lowest BCUT2D eigenvalue weighted by molar-refractivity contribution is -0.118. The Bertz CT molecular complexity index is 378. The molecule has 1 amide bonds. The number of carbonyl (C=O) groups excluding carboxylic acids is 1. The molecule has 1 aromatic rings. The summed E-state index contributed by atoms with van der Waals surface area (Å²) in [6, 6.07) is 10.3. The summed E-state index contributed by atoms with van der Waals surface area (Å²) < 4.78 is 0. The number of amides is 1. The Hall–Kier alpha value is -1.00. The van der Waals surface area contributed by atoms with Crippen LogP contribution in [0.15, 0.2) is 30.3 Å². The van der Waals surface area contributed by atoms with Crippen LogP contribution in [-0.4, -0.2) is 35.7 Å². The zero-order chi connectivity index (χ0) is 15.3. The van der Waals surface area contributed by atoms with Crippen molar-refractivity contribution in [1.82, 2.24) is 5.32 Å². The topological polar surface area (TPSA) is 49.3 Å². The van der Waals surface area contributed by atoms with Gasteiger partial charge in [0.2, 0.25) is 5.91 Å². The van der Waals surface area contributed by atoms with E-state index in [-0.39, 0.29) is 12.5 Å². The maximum atomic E-state index is 11.8. The van der Waals surface area contributed by atoms with Crippen molar-refractivity contribution < 1.29 is 9.90 Å². The van der Waals surface area contributed by atoms with Crippen molar-refractivity contribution in [2.75, 3.05) is 24.7 Å². The molecule has 2 N–H and O–H groups in total. The fraction of sp³-hybridized carbons (Fsp3) is 0.588. The van der Waals surface area contributed by atoms with Gasteiger partial charge in [-0.3, -0.25) is 4.79 Å². The average molecular weight is 309 g/mol. The summed E-state index contributed by atoms with van der Waals surface area (Å²) in [6.45, 7) is 3.02. The first-order valence-electron chi connectivity index (χ1n) is 7.75. The first-order valence-corrected chi connectivity index (χ1v) is 8.91. The lowest BCUT2D eigenvalue weighted by atomic mass is 10.0. The minimum atomic E-state index is 0.104. The lowest BCUT2D eigenvalue weighted by Gasteiger charge is -2.15. The van der Waals surface area contributed by atoms with E-state index in [1.165, 1.54) is 5.56 Å². The second kappa shape index (κ2) is 11.6. The van der Waals surface area contributed by atoms with Crippen molar-refractivity contribution in [1.29, 1.82) is 0 Å². The highest BCUT2D eigenvalue weighted by atomic mass is 32.2. The molecule has 0 saturated carbocycles. The largest absolute Gasteiger partial charge is 0.396 e. The van der Waals surface area contributed by atoms with Crippen LogP contribution >= 0.6 is 11.8 Å². The second-order valence-electron chi connectivity index (χ2n) is 5.26. The molecule has 21 heavy (non-hydrogen) atoms. The Labute approximate surface area is 132 Å². The molecule has 118 valence electrons. The van der Waals surface area contributed by atoms with Crippen molar-refractivity contribution in [3.63, 3.8) is 0 Å². The van der Waals surface area contributed by atoms with Gasteiger partial charge in [0.15, 0.2) is 0 Å². The van der Waals surface area contributed by atoms with Gasteiger partial charge in [-0.05, 0) is 36.5 Å². The van der Waals surface area contributed by atoms with Gasteiger partial charge >= 0.3 is 0 Å². The van der Waals surface area contributed by atoms with Crippen LogP contribution in [0.5, 0.6) is 0 Å². The van der Waals surface area contributed by atoms with E-state index in [2.05, 4.69) is 24.4 Å². The van der Waals surface area contributed by atoms with Crippen molar-refractivity contribution in [2.45, 2.75) is 32.6 Å². The Morgan fingerprint density at radius 3 is 2.71 bits per heavy atom. The first-order chi connectivity index (χ1) is 10.3. The molecule has 0 bridgehead atoms. The van der Waals surface area contributed by atoms with Gasteiger partial charge in [-0.15, -0.1) is 0 Å². The minimum absolute atomic E-state index is 0.104. The van der Waals surface area contributed by atoms with E-state index in [0.29, 0.717) is 18.2 Å². The Morgan fingerprint density at radius 1 is 1.29 bits per heavy atom. The van der Waals surface area contributed by atoms with Crippen LogP contribution in [0.25, 0.3) is 0 Å².